The second-order valence-electron chi connectivity index (χ2n) is 11.1. The molecule has 6 atom stereocenters. The Kier molecular flexibility index (Phi) is 7.45. The Bertz CT molecular complexity index is 1640. The molecule has 2 aromatic rings. The summed E-state index contributed by atoms with van der Waals surface area (Å²) in [5.74, 6) is -9.40. The van der Waals surface area contributed by atoms with Crippen molar-refractivity contribution in [2.24, 2.45) is 11.8 Å². The van der Waals surface area contributed by atoms with E-state index < -0.39 is 87.2 Å². The molecule has 1 aromatic heterocycles. The molecular weight excluding hydrogens is 582 g/mol. The molecule has 6 N–H and O–H groups in total. The van der Waals surface area contributed by atoms with Crippen LogP contribution in [0.4, 0.5) is 10.8 Å². The molecule has 43 heavy (non-hydrogen) atoms. The van der Waals surface area contributed by atoms with Gasteiger partial charge in [-0.1, -0.05) is 13.0 Å². The third kappa shape index (κ3) is 4.27. The first-order valence-corrected chi connectivity index (χ1v) is 14.4. The number of hydrogen-bond donors (Lipinski definition) is 6. The van der Waals surface area contributed by atoms with Gasteiger partial charge < -0.3 is 35.6 Å². The highest BCUT2D eigenvalue weighted by atomic mass is 32.1. The summed E-state index contributed by atoms with van der Waals surface area (Å²) in [6.45, 7) is 4.48. The Labute approximate surface area is 249 Å². The van der Waals surface area contributed by atoms with Crippen LogP contribution < -0.4 is 5.32 Å². The summed E-state index contributed by atoms with van der Waals surface area (Å²) in [6.07, 6.45) is -1.65. The van der Waals surface area contributed by atoms with E-state index in [1.165, 1.54) is 30.4 Å². The first-order valence-electron chi connectivity index (χ1n) is 13.5. The first kappa shape index (κ1) is 30.4. The second kappa shape index (κ2) is 10.6. The summed E-state index contributed by atoms with van der Waals surface area (Å²) < 4.78 is 4.94. The molecule has 0 bridgehead atoms. The number of benzene rings is 1. The number of nitrogens with zero attached hydrogens (tertiary/aromatic N) is 2. The summed E-state index contributed by atoms with van der Waals surface area (Å²) >= 11 is 1.06. The molecule has 1 aromatic carbocycles. The lowest BCUT2D eigenvalue weighted by atomic mass is 9.54. The number of aromatic hydroxyl groups is 1. The number of thiazole rings is 1. The zero-order chi connectivity index (χ0) is 31.7. The number of ketones is 3. The quantitative estimate of drug-likeness (QED) is 0.157. The van der Waals surface area contributed by atoms with Gasteiger partial charge in [0.25, 0.3) is 0 Å². The fraction of sp³-hybridized carbons (Fsp3) is 0.414. The minimum atomic E-state index is -2.92. The zero-order valence-electron chi connectivity index (χ0n) is 23.9. The number of aliphatic hydroxyl groups is 4. The van der Waals surface area contributed by atoms with Crippen molar-refractivity contribution in [3.8, 4) is 5.75 Å². The Morgan fingerprint density at radius 2 is 1.86 bits per heavy atom. The molecule has 3 aliphatic rings. The van der Waals surface area contributed by atoms with Gasteiger partial charge in [0.1, 0.15) is 22.8 Å². The summed E-state index contributed by atoms with van der Waals surface area (Å²) in [7, 11) is 2.96. The number of phenolic OH excluding ortho intramolecular Hbond substituents is 1. The zero-order valence-corrected chi connectivity index (χ0v) is 24.7. The third-order valence-corrected chi connectivity index (χ3v) is 9.22. The predicted octanol–water partition coefficient (Wildman–Crippen LogP) is 1.98. The molecule has 0 amide bonds. The van der Waals surface area contributed by atoms with E-state index in [1.807, 2.05) is 0 Å². The van der Waals surface area contributed by atoms with Gasteiger partial charge in [-0.25, -0.2) is 9.78 Å². The number of nitrogens with one attached hydrogen (secondary N) is 1. The van der Waals surface area contributed by atoms with Gasteiger partial charge in [0, 0.05) is 16.9 Å². The molecule has 1 heterocycles. The summed E-state index contributed by atoms with van der Waals surface area (Å²) in [6, 6.07) is 1.73. The molecule has 0 radical (unpaired) electrons. The van der Waals surface area contributed by atoms with Gasteiger partial charge in [0.2, 0.25) is 5.78 Å². The van der Waals surface area contributed by atoms with Crippen LogP contribution in [0.25, 0.3) is 5.76 Å². The Hall–Kier alpha value is -4.11. The molecule has 14 heteroatoms. The molecule has 228 valence electrons. The maximum Gasteiger partial charge on any atom is 0.357 e. The Morgan fingerprint density at radius 1 is 1.19 bits per heavy atom. The average molecular weight is 614 g/mol. The third-order valence-electron chi connectivity index (χ3n) is 8.47. The van der Waals surface area contributed by atoms with Crippen LogP contribution in [0.3, 0.4) is 0 Å². The van der Waals surface area contributed by atoms with E-state index in [0.717, 1.165) is 18.3 Å². The van der Waals surface area contributed by atoms with Crippen molar-refractivity contribution in [2.45, 2.75) is 44.4 Å². The van der Waals surface area contributed by atoms with E-state index in [-0.39, 0.29) is 28.7 Å². The smallest absolute Gasteiger partial charge is 0.357 e. The predicted molar refractivity (Wildman–Crippen MR) is 153 cm³/mol. The largest absolute Gasteiger partial charge is 0.508 e. The van der Waals surface area contributed by atoms with Gasteiger partial charge in [-0.05, 0) is 45.5 Å². The standard InChI is InChI=1S/C29H31N3O10S/c1-6-42-27(40)14-9-43-28(31-14)30-13-8-7-12-10(2)15-18(22(35)17(12)21(13)34)26(39)29(41)19(23(15)36)20(32(4)5)24(37)16(11(3)33)25(29)38/h7-10,15,19-20,23,34-36,38,41H,6H2,1-5H3,(H,30,31). The fourth-order valence-electron chi connectivity index (χ4n) is 6.56. The second-order valence-corrected chi connectivity index (χ2v) is 11.9. The molecule has 13 nitrogen and oxygen atoms in total. The highest BCUT2D eigenvalue weighted by Crippen LogP contribution is 2.56. The lowest BCUT2D eigenvalue weighted by molar-refractivity contribution is -0.169. The van der Waals surface area contributed by atoms with Gasteiger partial charge >= 0.3 is 5.97 Å². The molecule has 5 rings (SSSR count). The van der Waals surface area contributed by atoms with E-state index in [2.05, 4.69) is 10.3 Å². The highest BCUT2D eigenvalue weighted by molar-refractivity contribution is 7.14. The Morgan fingerprint density at radius 3 is 2.47 bits per heavy atom. The fourth-order valence-corrected chi connectivity index (χ4v) is 7.26. The molecule has 0 saturated heterocycles. The SMILES string of the molecule is CCOC(=O)c1csc(Nc2ccc3c(c2O)C(O)=C2C(=O)C4(O)C(O)=C(C(C)=O)C(=O)C(N(C)C)C4C(O)C2C3C)n1. The van der Waals surface area contributed by atoms with E-state index in [0.29, 0.717) is 5.56 Å². The van der Waals surface area contributed by atoms with E-state index in [1.54, 1.807) is 19.9 Å². The van der Waals surface area contributed by atoms with Crippen molar-refractivity contribution in [3.63, 3.8) is 0 Å². The van der Waals surface area contributed by atoms with Crippen molar-refractivity contribution in [1.82, 2.24) is 9.88 Å². The number of carbonyl (C=O) groups excluding carboxylic acids is 4. The van der Waals surface area contributed by atoms with Gasteiger partial charge in [-0.2, -0.15) is 0 Å². The lowest BCUT2D eigenvalue weighted by Crippen LogP contribution is -2.70. The van der Waals surface area contributed by atoms with Crippen LogP contribution in [0.1, 0.15) is 48.3 Å². The van der Waals surface area contributed by atoms with Crippen LogP contribution in [0.5, 0.6) is 5.75 Å². The van der Waals surface area contributed by atoms with E-state index in [4.69, 9.17) is 4.74 Å². The lowest BCUT2D eigenvalue weighted by Gasteiger charge is -2.53. The molecule has 3 aliphatic carbocycles. The number of aliphatic hydroxyl groups excluding tert-OH is 3. The minimum Gasteiger partial charge on any atom is -0.508 e. The van der Waals surface area contributed by atoms with Crippen LogP contribution >= 0.6 is 11.3 Å². The molecule has 6 unspecified atom stereocenters. The van der Waals surface area contributed by atoms with Gasteiger partial charge in [0.05, 0.1) is 35.9 Å². The number of likely N-dealkylation sites (N-methyl/N-ethyl adjacent to an activating group) is 1. The number of ether oxygens (including phenoxy) is 1. The minimum absolute atomic E-state index is 0.0533. The van der Waals surface area contributed by atoms with Gasteiger partial charge in [0.15, 0.2) is 28.0 Å². The number of rotatable bonds is 6. The van der Waals surface area contributed by atoms with E-state index >= 15 is 0 Å². The number of anilines is 2. The summed E-state index contributed by atoms with van der Waals surface area (Å²) in [5, 5.41) is 61.9. The molecule has 1 fully saturated rings. The van der Waals surface area contributed by atoms with Crippen molar-refractivity contribution in [1.29, 1.82) is 0 Å². The number of phenols is 1. The highest BCUT2D eigenvalue weighted by Gasteiger charge is 2.68. The maximum absolute atomic E-state index is 14.1. The number of aromatic nitrogens is 1. The van der Waals surface area contributed by atoms with Gasteiger partial charge in [-0.3, -0.25) is 19.3 Å². The topological polar surface area (TPSA) is 207 Å². The number of carbonyl (C=O) groups is 4. The van der Waals surface area contributed by atoms with Crippen molar-refractivity contribution < 1.29 is 49.4 Å². The molecule has 0 spiro atoms. The number of esters is 1. The van der Waals surface area contributed by atoms with E-state index in [9.17, 15) is 44.7 Å². The number of fused-ring (bicyclic) bond motifs is 3. The van der Waals surface area contributed by atoms with Crippen molar-refractivity contribution in [2.75, 3.05) is 26.0 Å². The number of hydrogen-bond acceptors (Lipinski definition) is 14. The summed E-state index contributed by atoms with van der Waals surface area (Å²) in [4.78, 5) is 57.3. The monoisotopic (exact) mass is 613 g/mol. The van der Waals surface area contributed by atoms with Gasteiger partial charge in [-0.15, -0.1) is 11.3 Å². The van der Waals surface area contributed by atoms with Crippen molar-refractivity contribution in [3.05, 3.63) is 51.2 Å². The normalized spacial score (nSPS) is 28.4. The maximum atomic E-state index is 14.1. The first-order chi connectivity index (χ1) is 20.2. The van der Waals surface area contributed by atoms with Crippen LogP contribution in [0, 0.1) is 11.8 Å². The van der Waals surface area contributed by atoms with Crippen LogP contribution in [0.15, 0.2) is 34.4 Å². The Balaban J connectivity index is 1.65. The van der Waals surface area contributed by atoms with Crippen LogP contribution in [-0.2, 0) is 19.1 Å². The summed E-state index contributed by atoms with van der Waals surface area (Å²) in [5.41, 5.74) is -3.81. The molecule has 1 saturated carbocycles. The molecule has 0 aliphatic heterocycles. The van der Waals surface area contributed by atoms with Crippen LogP contribution in [-0.4, -0.2) is 97.2 Å². The average Bonchev–Trinajstić information content (AvgIpc) is 3.40. The number of Topliss-reactive ketones (excluding diaryl/α,β-unsaturated/α-hetero) is 3. The van der Waals surface area contributed by atoms with Crippen molar-refractivity contribution >= 4 is 51.2 Å². The molecular formula is C29H31N3O10S. The van der Waals surface area contributed by atoms with Crippen LogP contribution in [0.2, 0.25) is 0 Å².